The Balaban J connectivity index is 2.13. The van der Waals surface area contributed by atoms with Crippen molar-refractivity contribution in [3.63, 3.8) is 0 Å². The van der Waals surface area contributed by atoms with Crippen molar-refractivity contribution in [1.29, 1.82) is 0 Å². The molecule has 0 unspecified atom stereocenters. The summed E-state index contributed by atoms with van der Waals surface area (Å²) in [6, 6.07) is 9.69. The van der Waals surface area contributed by atoms with Crippen LogP contribution in [-0.2, 0) is 4.79 Å². The van der Waals surface area contributed by atoms with Gasteiger partial charge >= 0.3 is 0 Å². The number of amides is 1. The lowest BCUT2D eigenvalue weighted by molar-refractivity contribution is -0.118. The monoisotopic (exact) mass is 266 g/mol. The molecule has 0 fully saturated rings. The van der Waals surface area contributed by atoms with Gasteiger partial charge in [-0.25, -0.2) is 0 Å². The smallest absolute Gasteiger partial charge is 0.226 e. The van der Waals surface area contributed by atoms with Crippen LogP contribution in [0.3, 0.4) is 0 Å². The molecule has 0 saturated heterocycles. The maximum absolute atomic E-state index is 12.2. The predicted octanol–water partition coefficient (Wildman–Crippen LogP) is 3.39. The lowest BCUT2D eigenvalue weighted by Crippen LogP contribution is -2.26. The number of benzene rings is 1. The molecule has 0 atom stereocenters. The first kappa shape index (κ1) is 14.1. The highest BCUT2D eigenvalue weighted by Crippen LogP contribution is 2.25. The zero-order valence-corrected chi connectivity index (χ0v) is 11.7. The third-order valence-electron chi connectivity index (χ3n) is 3.32. The van der Waals surface area contributed by atoms with Crippen LogP contribution in [0.4, 0.5) is 5.69 Å². The highest BCUT2D eigenvalue weighted by Gasteiger charge is 2.13. The summed E-state index contributed by atoms with van der Waals surface area (Å²) in [6.07, 6.45) is 9.94. The van der Waals surface area contributed by atoms with Crippen molar-refractivity contribution >= 4 is 22.5 Å². The largest absolute Gasteiger partial charge is 0.315 e. The van der Waals surface area contributed by atoms with Crippen LogP contribution in [-0.4, -0.2) is 17.9 Å². The second-order valence-corrected chi connectivity index (χ2v) is 4.71. The number of unbranched alkanes of at least 4 members (excludes halogenated alkanes) is 2. The SMILES string of the molecule is C#CCCCCC(=O)N(C)c1cccc2ncccc12. The Hall–Kier alpha value is -2.34. The van der Waals surface area contributed by atoms with Gasteiger partial charge in [0.15, 0.2) is 0 Å². The normalized spacial score (nSPS) is 10.2. The molecule has 102 valence electrons. The van der Waals surface area contributed by atoms with Crippen molar-refractivity contribution in [2.24, 2.45) is 0 Å². The number of hydrogen-bond donors (Lipinski definition) is 0. The minimum absolute atomic E-state index is 0.110. The van der Waals surface area contributed by atoms with Crippen molar-refractivity contribution in [1.82, 2.24) is 4.98 Å². The van der Waals surface area contributed by atoms with Crippen LogP contribution in [0, 0.1) is 12.3 Å². The second-order valence-electron chi connectivity index (χ2n) is 4.71. The molecule has 3 heteroatoms. The van der Waals surface area contributed by atoms with Crippen LogP contribution in [0.1, 0.15) is 25.7 Å². The molecule has 20 heavy (non-hydrogen) atoms. The lowest BCUT2D eigenvalue weighted by Gasteiger charge is -2.19. The predicted molar refractivity (Wildman–Crippen MR) is 82.5 cm³/mol. The Morgan fingerprint density at radius 3 is 2.95 bits per heavy atom. The van der Waals surface area contributed by atoms with E-state index in [1.165, 1.54) is 0 Å². The van der Waals surface area contributed by atoms with Crippen molar-refractivity contribution in [2.75, 3.05) is 11.9 Å². The molecule has 0 radical (unpaired) electrons. The molecule has 1 aromatic heterocycles. The Kier molecular flexibility index (Phi) is 4.73. The number of terminal acetylenes is 1. The fourth-order valence-corrected chi connectivity index (χ4v) is 2.18. The first-order chi connectivity index (χ1) is 9.74. The Bertz CT molecular complexity index is 637. The molecule has 1 amide bonds. The van der Waals surface area contributed by atoms with E-state index in [-0.39, 0.29) is 5.91 Å². The highest BCUT2D eigenvalue weighted by atomic mass is 16.2. The number of aromatic nitrogens is 1. The number of carbonyl (C=O) groups is 1. The van der Waals surface area contributed by atoms with Gasteiger partial charge in [-0.15, -0.1) is 12.3 Å². The van der Waals surface area contributed by atoms with E-state index in [4.69, 9.17) is 6.42 Å². The second kappa shape index (κ2) is 6.72. The van der Waals surface area contributed by atoms with Gasteiger partial charge in [0.1, 0.15) is 0 Å². The lowest BCUT2D eigenvalue weighted by atomic mass is 10.1. The van der Waals surface area contributed by atoms with E-state index in [1.54, 1.807) is 11.1 Å². The molecule has 3 nitrogen and oxygen atoms in total. The van der Waals surface area contributed by atoms with Gasteiger partial charge in [0.05, 0.1) is 11.2 Å². The summed E-state index contributed by atoms with van der Waals surface area (Å²) in [5.74, 6) is 2.70. The van der Waals surface area contributed by atoms with Crippen molar-refractivity contribution in [2.45, 2.75) is 25.7 Å². The molecule has 2 rings (SSSR count). The van der Waals surface area contributed by atoms with Gasteiger partial charge in [0, 0.05) is 31.5 Å². The van der Waals surface area contributed by atoms with E-state index >= 15 is 0 Å². The molecular formula is C17H18N2O. The minimum atomic E-state index is 0.110. The summed E-state index contributed by atoms with van der Waals surface area (Å²) in [7, 11) is 1.81. The van der Waals surface area contributed by atoms with Crippen molar-refractivity contribution in [3.8, 4) is 12.3 Å². The van der Waals surface area contributed by atoms with Crippen molar-refractivity contribution in [3.05, 3.63) is 36.5 Å². The molecule has 2 aromatic rings. The minimum Gasteiger partial charge on any atom is -0.315 e. The van der Waals surface area contributed by atoms with Crippen LogP contribution < -0.4 is 4.90 Å². The maximum atomic E-state index is 12.2. The maximum Gasteiger partial charge on any atom is 0.226 e. The molecule has 0 aliphatic carbocycles. The number of rotatable bonds is 5. The summed E-state index contributed by atoms with van der Waals surface area (Å²) in [5.41, 5.74) is 1.80. The van der Waals surface area contributed by atoms with Crippen LogP contribution >= 0.6 is 0 Å². The van der Waals surface area contributed by atoms with Gasteiger partial charge in [0.25, 0.3) is 0 Å². The number of carbonyl (C=O) groups excluding carboxylic acids is 1. The summed E-state index contributed by atoms with van der Waals surface area (Å²) in [5, 5.41) is 0.995. The summed E-state index contributed by atoms with van der Waals surface area (Å²) in [6.45, 7) is 0. The van der Waals surface area contributed by atoms with Crippen LogP contribution in [0.5, 0.6) is 0 Å². The molecule has 0 N–H and O–H groups in total. The van der Waals surface area contributed by atoms with Gasteiger partial charge in [0.2, 0.25) is 5.91 Å². The number of anilines is 1. The topological polar surface area (TPSA) is 33.2 Å². The third kappa shape index (κ3) is 3.16. The molecule has 0 spiro atoms. The van der Waals surface area contributed by atoms with E-state index in [2.05, 4.69) is 10.9 Å². The van der Waals surface area contributed by atoms with Gasteiger partial charge in [-0.3, -0.25) is 9.78 Å². The number of fused-ring (bicyclic) bond motifs is 1. The molecule has 1 aromatic carbocycles. The summed E-state index contributed by atoms with van der Waals surface area (Å²) >= 11 is 0. The van der Waals surface area contributed by atoms with E-state index in [1.807, 2.05) is 37.4 Å². The van der Waals surface area contributed by atoms with Gasteiger partial charge < -0.3 is 4.90 Å². The average Bonchev–Trinajstić information content (AvgIpc) is 2.50. The number of pyridine rings is 1. The fourth-order valence-electron chi connectivity index (χ4n) is 2.18. The zero-order valence-electron chi connectivity index (χ0n) is 11.7. The number of nitrogens with zero attached hydrogens (tertiary/aromatic N) is 2. The van der Waals surface area contributed by atoms with Crippen LogP contribution in [0.2, 0.25) is 0 Å². The van der Waals surface area contributed by atoms with Crippen LogP contribution in [0.25, 0.3) is 10.9 Å². The van der Waals surface area contributed by atoms with Gasteiger partial charge in [-0.1, -0.05) is 6.07 Å². The van der Waals surface area contributed by atoms with E-state index < -0.39 is 0 Å². The molecule has 1 heterocycles. The van der Waals surface area contributed by atoms with E-state index in [0.717, 1.165) is 35.9 Å². The highest BCUT2D eigenvalue weighted by molar-refractivity contribution is 6.02. The van der Waals surface area contributed by atoms with Gasteiger partial charge in [-0.2, -0.15) is 0 Å². The molecule has 0 aliphatic heterocycles. The third-order valence-corrected chi connectivity index (χ3v) is 3.32. The quantitative estimate of drug-likeness (QED) is 0.614. The van der Waals surface area contributed by atoms with Crippen molar-refractivity contribution < 1.29 is 4.79 Å². The standard InChI is InChI=1S/C17H18N2O/c1-3-4-5-6-12-17(20)19(2)16-11-7-10-15-14(16)9-8-13-18-15/h1,7-11,13H,4-6,12H2,2H3. The van der Waals surface area contributed by atoms with Gasteiger partial charge in [-0.05, 0) is 37.1 Å². The van der Waals surface area contributed by atoms with Crippen LogP contribution in [0.15, 0.2) is 36.5 Å². The zero-order chi connectivity index (χ0) is 14.4. The van der Waals surface area contributed by atoms with E-state index in [9.17, 15) is 4.79 Å². The first-order valence-electron chi connectivity index (χ1n) is 6.78. The Morgan fingerprint density at radius 2 is 2.15 bits per heavy atom. The first-order valence-corrected chi connectivity index (χ1v) is 6.78. The fraction of sp³-hybridized carbons (Fsp3) is 0.294. The molecule has 0 bridgehead atoms. The average molecular weight is 266 g/mol. The Labute approximate surface area is 119 Å². The molecular weight excluding hydrogens is 248 g/mol. The summed E-state index contributed by atoms with van der Waals surface area (Å²) < 4.78 is 0. The molecule has 0 aliphatic rings. The van der Waals surface area contributed by atoms with E-state index in [0.29, 0.717) is 6.42 Å². The molecule has 0 saturated carbocycles. The summed E-state index contributed by atoms with van der Waals surface area (Å²) in [4.78, 5) is 18.2. The Morgan fingerprint density at radius 1 is 1.30 bits per heavy atom. The number of hydrogen-bond acceptors (Lipinski definition) is 2.